The number of fused-ring (bicyclic) bond motifs is 3. The smallest absolute Gasteiger partial charge is 0.488 e. The molecule has 0 bridgehead atoms. The average Bonchev–Trinajstić information content (AvgIpc) is 3.21. The minimum atomic E-state index is -1.75. The third-order valence-electron chi connectivity index (χ3n) is 8.06. The van der Waals surface area contributed by atoms with Crippen molar-refractivity contribution in [3.05, 3.63) is 95.5 Å². The molecule has 2 fully saturated rings. The molecule has 202 valence electrons. The maximum absolute atomic E-state index is 13.9. The third-order valence-corrected chi connectivity index (χ3v) is 8.06. The number of allylic oxidation sites excluding steroid dienone is 1. The summed E-state index contributed by atoms with van der Waals surface area (Å²) >= 11 is 0. The summed E-state index contributed by atoms with van der Waals surface area (Å²) in [5.74, 6) is -1.95. The summed E-state index contributed by atoms with van der Waals surface area (Å²) in [6.07, 6.45) is -0.00360. The highest BCUT2D eigenvalue weighted by Gasteiger charge is 2.58. The Bertz CT molecular complexity index is 1460. The lowest BCUT2D eigenvalue weighted by Crippen LogP contribution is -2.45. The van der Waals surface area contributed by atoms with E-state index in [1.807, 2.05) is 30.3 Å². The highest BCUT2D eigenvalue weighted by atomic mass is 16.5. The Kier molecular flexibility index (Phi) is 6.97. The molecule has 9 nitrogen and oxygen atoms in total. The number of para-hydroxylation sites is 1. The van der Waals surface area contributed by atoms with Crippen molar-refractivity contribution in [3.8, 4) is 11.5 Å². The van der Waals surface area contributed by atoms with Gasteiger partial charge in [0, 0.05) is 0 Å². The fraction of sp³-hybridized carbons (Fsp3) is 0.241. The third kappa shape index (κ3) is 4.71. The number of carbonyl (C=O) groups is 2. The van der Waals surface area contributed by atoms with E-state index in [-0.39, 0.29) is 35.8 Å². The largest absolute Gasteiger partial charge is 0.508 e. The van der Waals surface area contributed by atoms with E-state index < -0.39 is 44.0 Å². The van der Waals surface area contributed by atoms with Gasteiger partial charge < -0.3 is 29.6 Å². The molecular weight excluding hydrogens is 512 g/mol. The molecular formula is C29H27B2NO8. The number of phenols is 1. The van der Waals surface area contributed by atoms with Gasteiger partial charge in [0.25, 0.3) is 0 Å². The first kappa shape index (κ1) is 26.3. The van der Waals surface area contributed by atoms with Crippen LogP contribution in [0.25, 0.3) is 0 Å². The summed E-state index contributed by atoms with van der Waals surface area (Å²) < 4.78 is 12.0. The lowest BCUT2D eigenvalue weighted by Gasteiger charge is -2.42. The van der Waals surface area contributed by atoms with Crippen LogP contribution in [0.5, 0.6) is 11.5 Å². The Morgan fingerprint density at radius 3 is 2.42 bits per heavy atom. The minimum absolute atomic E-state index is 0.0983. The number of nitrogens with zero attached hydrogens (tertiary/aromatic N) is 1. The Morgan fingerprint density at radius 2 is 1.70 bits per heavy atom. The van der Waals surface area contributed by atoms with Crippen LogP contribution in [0.4, 0.5) is 5.69 Å². The van der Waals surface area contributed by atoms with Gasteiger partial charge in [-0.1, -0.05) is 42.5 Å². The molecule has 40 heavy (non-hydrogen) atoms. The van der Waals surface area contributed by atoms with Crippen molar-refractivity contribution in [1.82, 2.24) is 0 Å². The van der Waals surface area contributed by atoms with Gasteiger partial charge in [-0.05, 0) is 77.2 Å². The fourth-order valence-corrected chi connectivity index (χ4v) is 6.21. The summed E-state index contributed by atoms with van der Waals surface area (Å²) in [5, 5.41) is 40.3. The van der Waals surface area contributed by atoms with Crippen molar-refractivity contribution < 1.29 is 39.2 Å². The molecule has 11 heteroatoms. The topological polar surface area (TPSA) is 137 Å². The van der Waals surface area contributed by atoms with Crippen molar-refractivity contribution >= 4 is 37.2 Å². The van der Waals surface area contributed by atoms with Crippen LogP contribution in [0.2, 0.25) is 0 Å². The number of hydrogen-bond donors (Lipinski definition) is 4. The maximum atomic E-state index is 13.9. The summed E-state index contributed by atoms with van der Waals surface area (Å²) in [6, 6.07) is 21.8. The maximum Gasteiger partial charge on any atom is 0.488 e. The van der Waals surface area contributed by atoms with Crippen LogP contribution in [0.3, 0.4) is 0 Å². The predicted molar refractivity (Wildman–Crippen MR) is 147 cm³/mol. The zero-order chi connectivity index (χ0) is 28.0. The van der Waals surface area contributed by atoms with Gasteiger partial charge in [0.2, 0.25) is 11.8 Å². The van der Waals surface area contributed by atoms with Gasteiger partial charge in [0.1, 0.15) is 18.1 Å². The van der Waals surface area contributed by atoms with Gasteiger partial charge in [0.05, 0.1) is 23.6 Å². The van der Waals surface area contributed by atoms with Crippen LogP contribution in [-0.2, 0) is 14.2 Å². The number of imide groups is 1. The number of amides is 2. The lowest BCUT2D eigenvalue weighted by atomic mass is 9.55. The summed E-state index contributed by atoms with van der Waals surface area (Å²) in [7, 11) is -3.06. The molecule has 1 aliphatic carbocycles. The quantitative estimate of drug-likeness (QED) is 0.275. The first-order chi connectivity index (χ1) is 19.3. The zero-order valence-corrected chi connectivity index (χ0v) is 21.5. The number of aromatic hydroxyl groups is 1. The monoisotopic (exact) mass is 539 g/mol. The van der Waals surface area contributed by atoms with E-state index in [2.05, 4.69) is 0 Å². The molecule has 4 atom stereocenters. The Labute approximate surface area is 231 Å². The number of benzene rings is 3. The SMILES string of the molecule is O=C1[C@H]2[C@H](CC(COc3ccccc3)=C3B(O)O[C@H](c4ccc(O)cc4)C[C@H]32)C(=O)N1c1cccc(B(O)O)c1. The molecule has 4 N–H and O–H groups in total. The van der Waals surface area contributed by atoms with Crippen LogP contribution in [0, 0.1) is 17.8 Å². The van der Waals surface area contributed by atoms with Crippen molar-refractivity contribution in [2.24, 2.45) is 17.8 Å². The standard InChI is InChI=1S/C29H27B2NO8/c33-21-11-9-17(10-12-21)25-15-23-26-24(28(34)32(29(26)35)20-6-4-5-19(14-20)30(36)37)13-18(27(23)31(38)40-25)16-39-22-7-2-1-3-8-22/h1-12,14,23-26,33,36-38H,13,15-16H2/t23-,24-,25-,26+/m0/s1. The lowest BCUT2D eigenvalue weighted by molar-refractivity contribution is -0.123. The molecule has 6 rings (SSSR count). The van der Waals surface area contributed by atoms with Gasteiger partial charge in [0.15, 0.2) is 0 Å². The normalized spacial score (nSPS) is 24.2. The second-order valence-corrected chi connectivity index (χ2v) is 10.4. The number of phenolic OH excluding ortho intramolecular Hbond substituents is 1. The molecule has 0 radical (unpaired) electrons. The molecule has 2 aliphatic heterocycles. The van der Waals surface area contributed by atoms with Crippen LogP contribution < -0.4 is 15.1 Å². The Balaban J connectivity index is 1.38. The van der Waals surface area contributed by atoms with Crippen LogP contribution in [0.1, 0.15) is 24.5 Å². The van der Waals surface area contributed by atoms with Crippen molar-refractivity contribution in [2.75, 3.05) is 11.5 Å². The highest BCUT2D eigenvalue weighted by Crippen LogP contribution is 2.52. The molecule has 2 heterocycles. The molecule has 3 aromatic carbocycles. The van der Waals surface area contributed by atoms with E-state index in [0.29, 0.717) is 23.2 Å². The van der Waals surface area contributed by atoms with E-state index >= 15 is 0 Å². The second kappa shape index (κ2) is 10.6. The summed E-state index contributed by atoms with van der Waals surface area (Å²) in [4.78, 5) is 28.9. The van der Waals surface area contributed by atoms with Gasteiger partial charge in [-0.2, -0.15) is 0 Å². The molecule has 3 aliphatic rings. The van der Waals surface area contributed by atoms with Crippen LogP contribution in [-0.4, -0.2) is 52.8 Å². The molecule has 0 unspecified atom stereocenters. The molecule has 3 aromatic rings. The number of rotatable bonds is 6. The van der Waals surface area contributed by atoms with E-state index in [0.717, 1.165) is 10.5 Å². The van der Waals surface area contributed by atoms with E-state index in [1.165, 1.54) is 24.3 Å². The number of carbonyl (C=O) groups excluding carboxylic acids is 2. The highest BCUT2D eigenvalue weighted by molar-refractivity contribution is 6.58. The van der Waals surface area contributed by atoms with Crippen molar-refractivity contribution in [1.29, 1.82) is 0 Å². The predicted octanol–water partition coefficient (Wildman–Crippen LogP) is 1.75. The van der Waals surface area contributed by atoms with Gasteiger partial charge in [-0.15, -0.1) is 0 Å². The number of ether oxygens (including phenoxy) is 1. The molecule has 0 saturated carbocycles. The molecule has 0 aromatic heterocycles. The van der Waals surface area contributed by atoms with Crippen LogP contribution in [0.15, 0.2) is 89.9 Å². The Hall–Kier alpha value is -3.89. The van der Waals surface area contributed by atoms with E-state index in [1.54, 1.807) is 24.3 Å². The van der Waals surface area contributed by atoms with Crippen LogP contribution >= 0.6 is 0 Å². The average molecular weight is 539 g/mol. The number of anilines is 1. The van der Waals surface area contributed by atoms with Crippen molar-refractivity contribution in [3.63, 3.8) is 0 Å². The minimum Gasteiger partial charge on any atom is -0.508 e. The van der Waals surface area contributed by atoms with Gasteiger partial charge in [-0.25, -0.2) is 0 Å². The molecule has 2 amide bonds. The summed E-state index contributed by atoms with van der Waals surface area (Å²) in [5.41, 5.74) is 2.45. The summed E-state index contributed by atoms with van der Waals surface area (Å²) in [6.45, 7) is 0.122. The first-order valence-corrected chi connectivity index (χ1v) is 13.2. The van der Waals surface area contributed by atoms with E-state index in [9.17, 15) is 29.8 Å². The molecule has 0 spiro atoms. The second-order valence-electron chi connectivity index (χ2n) is 10.4. The number of hydrogen-bond acceptors (Lipinski definition) is 8. The van der Waals surface area contributed by atoms with Gasteiger partial charge in [-0.3, -0.25) is 14.5 Å². The van der Waals surface area contributed by atoms with E-state index in [4.69, 9.17) is 9.39 Å². The van der Waals surface area contributed by atoms with Crippen molar-refractivity contribution in [2.45, 2.75) is 18.9 Å². The Morgan fingerprint density at radius 1 is 0.950 bits per heavy atom. The fourth-order valence-electron chi connectivity index (χ4n) is 6.21. The molecule has 2 saturated heterocycles. The first-order valence-electron chi connectivity index (χ1n) is 13.2. The zero-order valence-electron chi connectivity index (χ0n) is 21.5. The van der Waals surface area contributed by atoms with Gasteiger partial charge >= 0.3 is 14.2 Å².